The Morgan fingerprint density at radius 2 is 1.37 bits per heavy atom. The van der Waals surface area contributed by atoms with E-state index in [0.717, 1.165) is 76.2 Å². The van der Waals surface area contributed by atoms with Crippen molar-refractivity contribution in [2.45, 2.75) is 116 Å². The van der Waals surface area contributed by atoms with E-state index in [1.54, 1.807) is 0 Å². The SMILES string of the molecule is CC(C)C[C@H](NC(=O)[C@H](Cc1ccccc1)NP(=O)(O)CCCCCCCCN)C(=O)OCCCCCCCCN. The van der Waals surface area contributed by atoms with Crippen LogP contribution in [-0.4, -0.2) is 54.7 Å². The standard InChI is InChI=1S/C31H57N4O5P/c1-26(2)24-29(31(37)40-22-16-9-5-3-7-14-20-32)34-30(36)28(25-27-18-12-11-13-19-27)35-41(38,39)23-17-10-6-4-8-15-21-33/h11-13,18-19,26,28-29H,3-10,14-17,20-25,32-33H2,1-2H3,(H,34,36)(H2,35,38,39)/t28-,29-/m0/s1. The molecular weight excluding hydrogens is 539 g/mol. The van der Waals surface area contributed by atoms with Crippen LogP contribution in [0.5, 0.6) is 0 Å². The zero-order valence-electron chi connectivity index (χ0n) is 25.5. The highest BCUT2D eigenvalue weighted by Gasteiger charge is 2.31. The van der Waals surface area contributed by atoms with Crippen LogP contribution in [0.25, 0.3) is 0 Å². The summed E-state index contributed by atoms with van der Waals surface area (Å²) in [5.41, 5.74) is 11.9. The molecule has 0 bridgehead atoms. The van der Waals surface area contributed by atoms with Crippen LogP contribution in [0.1, 0.15) is 103 Å². The Morgan fingerprint density at radius 3 is 1.93 bits per heavy atom. The van der Waals surface area contributed by atoms with Gasteiger partial charge in [-0.25, -0.2) is 9.88 Å². The van der Waals surface area contributed by atoms with Gasteiger partial charge in [0.05, 0.1) is 12.6 Å². The number of nitrogens with one attached hydrogen (secondary N) is 2. The first-order valence-corrected chi connectivity index (χ1v) is 17.5. The molecule has 0 fully saturated rings. The van der Waals surface area contributed by atoms with Gasteiger partial charge in [0.25, 0.3) is 7.52 Å². The van der Waals surface area contributed by atoms with Crippen molar-refractivity contribution in [1.29, 1.82) is 0 Å². The number of hydrogen-bond acceptors (Lipinski definition) is 6. The van der Waals surface area contributed by atoms with E-state index in [2.05, 4.69) is 10.4 Å². The number of carbonyl (C=O) groups excluding carboxylic acids is 2. The summed E-state index contributed by atoms with van der Waals surface area (Å²) in [4.78, 5) is 37.1. The molecule has 7 N–H and O–H groups in total. The van der Waals surface area contributed by atoms with E-state index in [1.165, 1.54) is 0 Å². The lowest BCUT2D eigenvalue weighted by atomic mass is 10.0. The highest BCUT2D eigenvalue weighted by molar-refractivity contribution is 7.55. The minimum absolute atomic E-state index is 0.0894. The van der Waals surface area contributed by atoms with Crippen molar-refractivity contribution in [2.75, 3.05) is 25.9 Å². The molecule has 3 atom stereocenters. The summed E-state index contributed by atoms with van der Waals surface area (Å²) in [7, 11) is -3.79. The zero-order chi connectivity index (χ0) is 30.3. The van der Waals surface area contributed by atoms with Crippen molar-refractivity contribution in [2.24, 2.45) is 17.4 Å². The third-order valence-electron chi connectivity index (χ3n) is 7.02. The monoisotopic (exact) mass is 596 g/mol. The molecule has 0 aliphatic rings. The minimum Gasteiger partial charge on any atom is -0.464 e. The summed E-state index contributed by atoms with van der Waals surface area (Å²) < 4.78 is 18.6. The van der Waals surface area contributed by atoms with Crippen molar-refractivity contribution in [3.05, 3.63) is 35.9 Å². The molecule has 10 heteroatoms. The van der Waals surface area contributed by atoms with Gasteiger partial charge in [-0.05, 0) is 63.1 Å². The molecule has 0 spiro atoms. The lowest BCUT2D eigenvalue weighted by Crippen LogP contribution is -2.51. The van der Waals surface area contributed by atoms with Gasteiger partial charge in [0.15, 0.2) is 0 Å². The van der Waals surface area contributed by atoms with Crippen molar-refractivity contribution in [3.63, 3.8) is 0 Å². The Bertz CT molecular complexity index is 871. The summed E-state index contributed by atoms with van der Waals surface area (Å²) in [5.74, 6) is -0.799. The van der Waals surface area contributed by atoms with E-state index in [4.69, 9.17) is 16.2 Å². The van der Waals surface area contributed by atoms with Crippen LogP contribution < -0.4 is 21.9 Å². The molecule has 1 aromatic carbocycles. The Balaban J connectivity index is 2.75. The van der Waals surface area contributed by atoms with Gasteiger partial charge in [-0.2, -0.15) is 0 Å². The third-order valence-corrected chi connectivity index (χ3v) is 8.66. The van der Waals surface area contributed by atoms with Crippen LogP contribution in [0.4, 0.5) is 0 Å². The second-order valence-corrected chi connectivity index (χ2v) is 13.6. The predicted molar refractivity (Wildman–Crippen MR) is 168 cm³/mol. The zero-order valence-corrected chi connectivity index (χ0v) is 26.4. The maximum atomic E-state index is 13.5. The highest BCUT2D eigenvalue weighted by Crippen LogP contribution is 2.38. The number of unbranched alkanes of at least 4 members (excludes halogenated alkanes) is 10. The molecule has 0 aliphatic heterocycles. The van der Waals surface area contributed by atoms with Crippen molar-refractivity contribution < 1.29 is 23.8 Å². The quantitative estimate of drug-likeness (QED) is 0.0597. The van der Waals surface area contributed by atoms with Gasteiger partial charge in [-0.15, -0.1) is 0 Å². The Hall–Kier alpha value is -1.77. The lowest BCUT2D eigenvalue weighted by Gasteiger charge is -2.25. The molecule has 0 heterocycles. The van der Waals surface area contributed by atoms with E-state index in [-0.39, 0.29) is 18.5 Å². The highest BCUT2D eigenvalue weighted by atomic mass is 31.2. The van der Waals surface area contributed by atoms with Gasteiger partial charge in [0.2, 0.25) is 5.91 Å². The average Bonchev–Trinajstić information content (AvgIpc) is 2.93. The summed E-state index contributed by atoms with van der Waals surface area (Å²) in [6.45, 7) is 5.67. The number of carbonyl (C=O) groups is 2. The molecule has 0 aliphatic carbocycles. The van der Waals surface area contributed by atoms with Crippen molar-refractivity contribution >= 4 is 19.4 Å². The number of nitrogens with two attached hydrogens (primary N) is 2. The van der Waals surface area contributed by atoms with Gasteiger partial charge >= 0.3 is 5.97 Å². The number of esters is 1. The Labute approximate surface area is 248 Å². The molecule has 0 radical (unpaired) electrons. The van der Waals surface area contributed by atoms with E-state index in [9.17, 15) is 19.0 Å². The molecule has 9 nitrogen and oxygen atoms in total. The fourth-order valence-electron chi connectivity index (χ4n) is 4.72. The third kappa shape index (κ3) is 19.1. The fourth-order valence-corrected chi connectivity index (χ4v) is 6.19. The smallest absolute Gasteiger partial charge is 0.328 e. The fraction of sp³-hybridized carbons (Fsp3) is 0.742. The van der Waals surface area contributed by atoms with E-state index in [1.807, 2.05) is 44.2 Å². The molecule has 0 saturated heterocycles. The van der Waals surface area contributed by atoms with Gasteiger partial charge in [-0.3, -0.25) is 9.36 Å². The normalized spacial score (nSPS) is 14.4. The molecule has 0 saturated carbocycles. The lowest BCUT2D eigenvalue weighted by molar-refractivity contribution is -0.148. The number of rotatable bonds is 25. The van der Waals surface area contributed by atoms with E-state index >= 15 is 0 Å². The Morgan fingerprint density at radius 1 is 0.829 bits per heavy atom. The second kappa shape index (κ2) is 22.8. The summed E-state index contributed by atoms with van der Waals surface area (Å²) in [5, 5.41) is 5.59. The number of benzene rings is 1. The topological polar surface area (TPSA) is 157 Å². The summed E-state index contributed by atoms with van der Waals surface area (Å²) in [6.07, 6.45) is 12.4. The van der Waals surface area contributed by atoms with Gasteiger partial charge in [0.1, 0.15) is 6.04 Å². The minimum atomic E-state index is -3.79. The summed E-state index contributed by atoms with van der Waals surface area (Å²) >= 11 is 0. The number of ether oxygens (including phenoxy) is 1. The van der Waals surface area contributed by atoms with Crippen LogP contribution in [-0.2, 0) is 25.3 Å². The molecule has 1 unspecified atom stereocenters. The van der Waals surface area contributed by atoms with Crippen LogP contribution in [0.15, 0.2) is 30.3 Å². The molecule has 1 aromatic rings. The van der Waals surface area contributed by atoms with E-state index < -0.39 is 31.5 Å². The van der Waals surface area contributed by atoms with Crippen LogP contribution >= 0.6 is 7.52 Å². The maximum absolute atomic E-state index is 13.5. The van der Waals surface area contributed by atoms with Crippen molar-refractivity contribution in [3.8, 4) is 0 Å². The van der Waals surface area contributed by atoms with Gasteiger partial charge in [0, 0.05) is 6.16 Å². The molecule has 41 heavy (non-hydrogen) atoms. The number of hydrogen-bond donors (Lipinski definition) is 5. The average molecular weight is 597 g/mol. The van der Waals surface area contributed by atoms with Crippen LogP contribution in [0.2, 0.25) is 0 Å². The maximum Gasteiger partial charge on any atom is 0.328 e. The van der Waals surface area contributed by atoms with Crippen LogP contribution in [0.3, 0.4) is 0 Å². The molecule has 1 rings (SSSR count). The molecule has 1 amide bonds. The molecule has 0 aromatic heterocycles. The van der Waals surface area contributed by atoms with Gasteiger partial charge in [-0.1, -0.05) is 95.5 Å². The van der Waals surface area contributed by atoms with Crippen molar-refractivity contribution in [1.82, 2.24) is 10.4 Å². The summed E-state index contributed by atoms with van der Waals surface area (Å²) in [6, 6.07) is 7.58. The first-order chi connectivity index (χ1) is 19.7. The molecule has 236 valence electrons. The van der Waals surface area contributed by atoms with E-state index in [0.29, 0.717) is 32.5 Å². The van der Waals surface area contributed by atoms with Gasteiger partial charge < -0.3 is 26.4 Å². The Kier molecular flexibility index (Phi) is 20.7. The first kappa shape index (κ1) is 37.3. The number of amides is 1. The second-order valence-electron chi connectivity index (χ2n) is 11.5. The largest absolute Gasteiger partial charge is 0.464 e. The van der Waals surface area contributed by atoms with Crippen LogP contribution in [0, 0.1) is 5.92 Å². The predicted octanol–water partition coefficient (Wildman–Crippen LogP) is 5.05. The molecular formula is C31H57N4O5P. The first-order valence-electron chi connectivity index (χ1n) is 15.7.